The lowest BCUT2D eigenvalue weighted by Crippen LogP contribution is -2.65. The van der Waals surface area contributed by atoms with Gasteiger partial charge in [0.1, 0.15) is 28.9 Å². The van der Waals surface area contributed by atoms with Crippen LogP contribution >= 0.6 is 0 Å². The van der Waals surface area contributed by atoms with Crippen molar-refractivity contribution in [2.24, 2.45) is 39.4 Å². The molecule has 8 heteroatoms. The molecular formula is C32H46O8. The number of ketones is 4. The molecule has 0 saturated heterocycles. The first-order valence-electron chi connectivity index (χ1n) is 14.5. The molecule has 0 aromatic carbocycles. The van der Waals surface area contributed by atoms with Crippen LogP contribution in [0.3, 0.4) is 0 Å². The first kappa shape index (κ1) is 30.8. The Balaban J connectivity index is 1.71. The molecule has 0 heterocycles. The van der Waals surface area contributed by atoms with Crippen molar-refractivity contribution >= 4 is 29.1 Å². The molecule has 4 aliphatic carbocycles. The molecular weight excluding hydrogens is 512 g/mol. The fourth-order valence-corrected chi connectivity index (χ4v) is 9.36. The third kappa shape index (κ3) is 4.11. The number of esters is 1. The largest absolute Gasteiger partial charge is 0.460 e. The summed E-state index contributed by atoms with van der Waals surface area (Å²) in [7, 11) is 0. The summed E-state index contributed by atoms with van der Waals surface area (Å²) in [5.74, 6) is -3.16. The van der Waals surface area contributed by atoms with Gasteiger partial charge in [0.05, 0.1) is 5.92 Å². The lowest BCUT2D eigenvalue weighted by atomic mass is 9.38. The van der Waals surface area contributed by atoms with Crippen LogP contribution in [-0.4, -0.2) is 56.6 Å². The van der Waals surface area contributed by atoms with Crippen molar-refractivity contribution in [3.05, 3.63) is 11.6 Å². The molecule has 0 aliphatic heterocycles. The second kappa shape index (κ2) is 9.15. The molecule has 3 saturated carbocycles. The minimum atomic E-state index is -2.00. The molecule has 0 bridgehead atoms. The van der Waals surface area contributed by atoms with Crippen LogP contribution in [0.5, 0.6) is 0 Å². The Hall–Kier alpha value is -2.19. The van der Waals surface area contributed by atoms with Crippen molar-refractivity contribution in [1.29, 1.82) is 0 Å². The van der Waals surface area contributed by atoms with Gasteiger partial charge in [0.2, 0.25) is 0 Å². The van der Waals surface area contributed by atoms with Crippen molar-refractivity contribution < 1.29 is 38.9 Å². The van der Waals surface area contributed by atoms with E-state index < -0.39 is 56.6 Å². The summed E-state index contributed by atoms with van der Waals surface area (Å²) in [6.07, 6.45) is 1.80. The summed E-state index contributed by atoms with van der Waals surface area (Å²) < 4.78 is 5.30. The van der Waals surface area contributed by atoms with Crippen LogP contribution in [-0.2, 0) is 28.7 Å². The van der Waals surface area contributed by atoms with E-state index in [0.717, 1.165) is 5.57 Å². The Morgan fingerprint density at radius 1 is 1.02 bits per heavy atom. The highest BCUT2D eigenvalue weighted by molar-refractivity contribution is 5.99. The van der Waals surface area contributed by atoms with Crippen molar-refractivity contribution in [2.75, 3.05) is 0 Å². The third-order valence-corrected chi connectivity index (χ3v) is 11.7. The topological polar surface area (TPSA) is 135 Å². The number of rotatable bonds is 6. The number of fused-ring (bicyclic) bond motifs is 5. The second-order valence-electron chi connectivity index (χ2n) is 15.0. The van der Waals surface area contributed by atoms with Gasteiger partial charge in [-0.1, -0.05) is 32.4 Å². The van der Waals surface area contributed by atoms with Gasteiger partial charge in [0.25, 0.3) is 0 Å². The van der Waals surface area contributed by atoms with E-state index >= 15 is 0 Å². The smallest absolute Gasteiger partial charge is 0.303 e. The van der Waals surface area contributed by atoms with Gasteiger partial charge in [-0.05, 0) is 76.5 Å². The first-order valence-corrected chi connectivity index (χ1v) is 14.5. The number of allylic oxidation sites excluding steroid dienone is 2. The quantitative estimate of drug-likeness (QED) is 0.370. The average molecular weight is 559 g/mol. The van der Waals surface area contributed by atoms with E-state index in [-0.39, 0.29) is 61.3 Å². The monoisotopic (exact) mass is 558 g/mol. The summed E-state index contributed by atoms with van der Waals surface area (Å²) >= 11 is 0. The van der Waals surface area contributed by atoms with E-state index in [2.05, 4.69) is 0 Å². The maximum atomic E-state index is 14.3. The van der Waals surface area contributed by atoms with Crippen molar-refractivity contribution in [3.8, 4) is 0 Å². The Kier molecular flexibility index (Phi) is 7.04. The van der Waals surface area contributed by atoms with E-state index in [1.807, 2.05) is 26.8 Å². The lowest BCUT2D eigenvalue weighted by molar-refractivity contribution is -0.183. The molecule has 4 aliphatic rings. The van der Waals surface area contributed by atoms with Crippen LogP contribution in [0.15, 0.2) is 11.6 Å². The van der Waals surface area contributed by atoms with Gasteiger partial charge in [-0.25, -0.2) is 0 Å². The minimum Gasteiger partial charge on any atom is -0.460 e. The molecule has 222 valence electrons. The molecule has 0 amide bonds. The number of hydrogen-bond donors (Lipinski definition) is 2. The molecule has 3 fully saturated rings. The Bertz CT molecular complexity index is 1210. The highest BCUT2D eigenvalue weighted by atomic mass is 16.6. The summed E-state index contributed by atoms with van der Waals surface area (Å²) in [6, 6.07) is 0. The van der Waals surface area contributed by atoms with Gasteiger partial charge < -0.3 is 14.9 Å². The lowest BCUT2D eigenvalue weighted by Gasteiger charge is -2.64. The molecule has 0 aromatic rings. The molecule has 0 aromatic heterocycles. The summed E-state index contributed by atoms with van der Waals surface area (Å²) in [5.41, 5.74) is -5.48. The predicted molar refractivity (Wildman–Crippen MR) is 147 cm³/mol. The van der Waals surface area contributed by atoms with E-state index in [1.54, 1.807) is 27.7 Å². The van der Waals surface area contributed by atoms with Gasteiger partial charge in [-0.3, -0.25) is 24.0 Å². The number of aliphatic hydroxyl groups excluding tert-OH is 1. The number of ether oxygens (including phenoxy) is 1. The van der Waals surface area contributed by atoms with Gasteiger partial charge in [-0.15, -0.1) is 0 Å². The van der Waals surface area contributed by atoms with E-state index in [4.69, 9.17) is 4.74 Å². The number of hydrogen-bond acceptors (Lipinski definition) is 8. The second-order valence-corrected chi connectivity index (χ2v) is 15.0. The zero-order valence-corrected chi connectivity index (χ0v) is 25.5. The predicted octanol–water partition coefficient (Wildman–Crippen LogP) is 3.93. The number of carbonyl (C=O) groups is 5. The molecule has 0 radical (unpaired) electrons. The standard InChI is InChI=1S/C32H46O8/c1-17(33)40-27(2,3)13-12-23(36)32(9,39)25-21(35)15-29(6)22-11-10-18-19(14-20(34)26(38)28(18,4)5)31(22,8)24(37)16-30(25,29)7/h10,19-20,22,25,34,39H,11-16H2,1-9H3/t19-,20+,22+,25+,29+,30-,31+,32+/m1/s1. The van der Waals surface area contributed by atoms with Gasteiger partial charge >= 0.3 is 5.97 Å². The van der Waals surface area contributed by atoms with Crippen LogP contribution in [0.2, 0.25) is 0 Å². The Morgan fingerprint density at radius 2 is 1.62 bits per heavy atom. The normalized spacial score (nSPS) is 40.4. The molecule has 4 rings (SSSR count). The SMILES string of the molecule is CC(=O)OC(C)(C)CCC(=O)[C@](C)(O)[C@H]1C(=O)C[C@@]2(C)[C@@H]3CC=C4[C@@H](C[C@H](O)C(=O)C4(C)C)[C@]3(C)C(=O)C[C@]12C. The van der Waals surface area contributed by atoms with Gasteiger partial charge in [-0.2, -0.15) is 0 Å². The molecule has 8 atom stereocenters. The fourth-order valence-electron chi connectivity index (χ4n) is 9.36. The van der Waals surface area contributed by atoms with Gasteiger partial charge in [0.15, 0.2) is 11.6 Å². The maximum absolute atomic E-state index is 14.3. The number of carbonyl (C=O) groups excluding carboxylic acids is 5. The Morgan fingerprint density at radius 3 is 2.20 bits per heavy atom. The summed E-state index contributed by atoms with van der Waals surface area (Å²) in [4.78, 5) is 65.9. The zero-order valence-electron chi connectivity index (χ0n) is 25.5. The van der Waals surface area contributed by atoms with Gasteiger partial charge in [0, 0.05) is 37.0 Å². The fraction of sp³-hybridized carbons (Fsp3) is 0.781. The van der Waals surface area contributed by atoms with Crippen molar-refractivity contribution in [3.63, 3.8) is 0 Å². The van der Waals surface area contributed by atoms with Crippen LogP contribution in [0, 0.1) is 39.4 Å². The van der Waals surface area contributed by atoms with Crippen LogP contribution in [0.1, 0.15) is 101 Å². The maximum Gasteiger partial charge on any atom is 0.303 e. The van der Waals surface area contributed by atoms with Crippen LogP contribution in [0.25, 0.3) is 0 Å². The molecule has 0 unspecified atom stereocenters. The zero-order chi connectivity index (χ0) is 30.4. The van der Waals surface area contributed by atoms with Crippen molar-refractivity contribution in [1.82, 2.24) is 0 Å². The molecule has 0 spiro atoms. The molecule has 2 N–H and O–H groups in total. The number of aliphatic hydroxyl groups is 2. The van der Waals surface area contributed by atoms with E-state index in [1.165, 1.54) is 13.8 Å². The highest BCUT2D eigenvalue weighted by Crippen LogP contribution is 2.73. The van der Waals surface area contributed by atoms with E-state index in [0.29, 0.717) is 6.42 Å². The van der Waals surface area contributed by atoms with Crippen molar-refractivity contribution in [2.45, 2.75) is 118 Å². The van der Waals surface area contributed by atoms with Crippen LogP contribution < -0.4 is 0 Å². The minimum absolute atomic E-state index is 0.0174. The molecule has 40 heavy (non-hydrogen) atoms. The highest BCUT2D eigenvalue weighted by Gasteiger charge is 2.74. The third-order valence-electron chi connectivity index (χ3n) is 11.7. The van der Waals surface area contributed by atoms with E-state index in [9.17, 15) is 34.2 Å². The average Bonchev–Trinajstić information content (AvgIpc) is 3.01. The molecule has 8 nitrogen and oxygen atoms in total. The Labute approximate surface area is 237 Å². The first-order chi connectivity index (χ1) is 18.1. The summed E-state index contributed by atoms with van der Waals surface area (Å²) in [5, 5.41) is 22.5. The number of Topliss-reactive ketones (excluding diaryl/α,β-unsaturated/α-hetero) is 4. The summed E-state index contributed by atoms with van der Waals surface area (Å²) in [6.45, 7) is 15.5. The van der Waals surface area contributed by atoms with Crippen LogP contribution in [0.4, 0.5) is 0 Å².